The Bertz CT molecular complexity index is 1460. The van der Waals surface area contributed by atoms with Crippen LogP contribution in [-0.4, -0.2) is 58.5 Å². The minimum absolute atomic E-state index is 0.124. The number of pyridine rings is 2. The largest absolute Gasteiger partial charge is 0.350 e. The van der Waals surface area contributed by atoms with Crippen molar-refractivity contribution in [3.05, 3.63) is 87.6 Å². The Labute approximate surface area is 235 Å². The number of likely N-dealkylation sites (tertiary alicyclic amines) is 1. The molecule has 39 heavy (non-hydrogen) atoms. The van der Waals surface area contributed by atoms with Crippen LogP contribution >= 0.6 is 23.8 Å². The van der Waals surface area contributed by atoms with Crippen molar-refractivity contribution in [3.63, 3.8) is 0 Å². The number of benzene rings is 1. The predicted octanol–water partition coefficient (Wildman–Crippen LogP) is 2.93. The fraction of sp³-hybridized carbons (Fsp3) is 0.296. The number of carbonyl (C=O) groups excluding carboxylic acids is 2. The number of nitrogens with zero attached hydrogens (tertiary/aromatic N) is 4. The first-order valence-electron chi connectivity index (χ1n) is 12.4. The molecule has 2 aromatic heterocycles. The third-order valence-electron chi connectivity index (χ3n) is 7.05. The van der Waals surface area contributed by atoms with Crippen molar-refractivity contribution in [1.29, 1.82) is 0 Å². The van der Waals surface area contributed by atoms with Gasteiger partial charge in [-0.1, -0.05) is 23.7 Å². The third kappa shape index (κ3) is 5.50. The summed E-state index contributed by atoms with van der Waals surface area (Å²) in [5, 5.41) is 8.04. The molecule has 202 valence electrons. The molecule has 1 aliphatic heterocycles. The minimum atomic E-state index is -0.559. The van der Waals surface area contributed by atoms with Crippen molar-refractivity contribution in [3.8, 4) is 0 Å². The molecule has 1 fully saturated rings. The highest BCUT2D eigenvalue weighted by Gasteiger charge is 2.31. The van der Waals surface area contributed by atoms with Gasteiger partial charge in [0, 0.05) is 44.8 Å². The lowest BCUT2D eigenvalue weighted by Gasteiger charge is -2.27. The molecule has 12 heteroatoms. The van der Waals surface area contributed by atoms with E-state index in [9.17, 15) is 14.0 Å². The number of likely N-dealkylation sites (N-methyl/N-ethyl adjacent to an activating group) is 1. The highest BCUT2D eigenvalue weighted by Crippen LogP contribution is 2.33. The molecule has 2 amide bonds. The van der Waals surface area contributed by atoms with E-state index < -0.39 is 18.0 Å². The van der Waals surface area contributed by atoms with Gasteiger partial charge in [-0.15, -0.1) is 0 Å². The van der Waals surface area contributed by atoms with E-state index >= 15 is 0 Å². The van der Waals surface area contributed by atoms with Crippen molar-refractivity contribution in [2.24, 2.45) is 0 Å². The second kappa shape index (κ2) is 11.1. The maximum absolute atomic E-state index is 14.7. The topological polar surface area (TPSA) is 102 Å². The van der Waals surface area contributed by atoms with Crippen LogP contribution < -0.4 is 21.1 Å². The summed E-state index contributed by atoms with van der Waals surface area (Å²) in [6, 6.07) is 7.51. The summed E-state index contributed by atoms with van der Waals surface area (Å²) >= 11 is 12.1. The van der Waals surface area contributed by atoms with Gasteiger partial charge in [-0.3, -0.25) is 25.0 Å². The highest BCUT2D eigenvalue weighted by atomic mass is 35.5. The molecular weight excluding hydrogens is 541 g/mol. The molecule has 0 bridgehead atoms. The van der Waals surface area contributed by atoms with Crippen LogP contribution in [0.3, 0.4) is 0 Å². The average molecular weight is 568 g/mol. The molecular formula is C27H27ClFN7O2S. The Kier molecular flexibility index (Phi) is 7.62. The predicted molar refractivity (Wildman–Crippen MR) is 150 cm³/mol. The zero-order chi connectivity index (χ0) is 27.7. The summed E-state index contributed by atoms with van der Waals surface area (Å²) in [5.74, 6) is -0.464. The number of hydrogen-bond donors (Lipinski definition) is 3. The molecule has 1 saturated heterocycles. The van der Waals surface area contributed by atoms with Crippen LogP contribution in [0.15, 0.2) is 48.9 Å². The maximum atomic E-state index is 14.7. The summed E-state index contributed by atoms with van der Waals surface area (Å²) in [7, 11) is 3.39. The van der Waals surface area contributed by atoms with Gasteiger partial charge in [-0.25, -0.2) is 9.37 Å². The average Bonchev–Trinajstić information content (AvgIpc) is 3.13. The SMILES string of the molecule is CN1CCC(NC(=O)c2cnc(N(C)NC(=S)NC3c4cnccc4CCc4c(F)cccc43)c(Cl)c2)C1=O. The first-order chi connectivity index (χ1) is 18.7. The molecule has 2 unspecified atom stereocenters. The van der Waals surface area contributed by atoms with Crippen molar-refractivity contribution >= 4 is 46.6 Å². The zero-order valence-electron chi connectivity index (χ0n) is 21.4. The Morgan fingerprint density at radius 2 is 2.03 bits per heavy atom. The van der Waals surface area contributed by atoms with Crippen LogP contribution in [0.25, 0.3) is 0 Å². The number of fused-ring (bicyclic) bond motifs is 2. The summed E-state index contributed by atoms with van der Waals surface area (Å²) in [6.07, 6.45) is 6.71. The number of rotatable bonds is 5. The van der Waals surface area contributed by atoms with E-state index in [0.717, 1.165) is 16.7 Å². The first-order valence-corrected chi connectivity index (χ1v) is 13.2. The van der Waals surface area contributed by atoms with Crippen LogP contribution in [-0.2, 0) is 17.6 Å². The molecule has 0 radical (unpaired) electrons. The number of anilines is 1. The van der Waals surface area contributed by atoms with Crippen molar-refractivity contribution in [2.45, 2.75) is 31.3 Å². The molecule has 0 spiro atoms. The number of halogens is 2. The Hall–Kier alpha value is -3.83. The molecule has 2 aliphatic rings. The lowest BCUT2D eigenvalue weighted by molar-refractivity contribution is -0.128. The van der Waals surface area contributed by atoms with Gasteiger partial charge in [0.05, 0.1) is 16.6 Å². The summed E-state index contributed by atoms with van der Waals surface area (Å²) in [6.45, 7) is 0.593. The van der Waals surface area contributed by atoms with Crippen LogP contribution in [0.2, 0.25) is 5.02 Å². The second-order valence-electron chi connectivity index (χ2n) is 9.56. The van der Waals surface area contributed by atoms with Crippen LogP contribution in [0.4, 0.5) is 10.2 Å². The van der Waals surface area contributed by atoms with E-state index in [2.05, 4.69) is 26.0 Å². The van der Waals surface area contributed by atoms with Crippen LogP contribution in [0.1, 0.15) is 45.1 Å². The van der Waals surface area contributed by atoms with Crippen molar-refractivity contribution in [1.82, 2.24) is 30.9 Å². The molecule has 3 N–H and O–H groups in total. The summed E-state index contributed by atoms with van der Waals surface area (Å²) in [4.78, 5) is 35.0. The van der Waals surface area contributed by atoms with Crippen molar-refractivity contribution < 1.29 is 14.0 Å². The molecule has 2 atom stereocenters. The fourth-order valence-electron chi connectivity index (χ4n) is 4.98. The van der Waals surface area contributed by atoms with Crippen LogP contribution in [0, 0.1) is 5.82 Å². The normalized spacial score (nSPS) is 18.1. The lowest BCUT2D eigenvalue weighted by Crippen LogP contribution is -2.47. The molecule has 1 aliphatic carbocycles. The Balaban J connectivity index is 1.30. The number of hydrogen-bond acceptors (Lipinski definition) is 6. The number of carbonyl (C=O) groups is 2. The van der Waals surface area contributed by atoms with Gasteiger partial charge in [0.2, 0.25) is 5.91 Å². The zero-order valence-corrected chi connectivity index (χ0v) is 22.9. The molecule has 3 heterocycles. The van der Waals surface area contributed by atoms with E-state index in [1.54, 1.807) is 37.5 Å². The van der Waals surface area contributed by atoms with Gasteiger partial charge in [0.25, 0.3) is 5.91 Å². The summed E-state index contributed by atoms with van der Waals surface area (Å²) in [5.41, 5.74) is 6.71. The van der Waals surface area contributed by atoms with Gasteiger partial charge in [0.15, 0.2) is 10.9 Å². The van der Waals surface area contributed by atoms with E-state index in [1.165, 1.54) is 23.3 Å². The van der Waals surface area contributed by atoms with Crippen molar-refractivity contribution in [2.75, 3.05) is 25.6 Å². The van der Waals surface area contributed by atoms with E-state index in [4.69, 9.17) is 23.8 Å². The first kappa shape index (κ1) is 26.8. The van der Waals surface area contributed by atoms with Gasteiger partial charge >= 0.3 is 0 Å². The molecule has 9 nitrogen and oxygen atoms in total. The van der Waals surface area contributed by atoms with E-state index in [0.29, 0.717) is 37.2 Å². The number of thiocarbonyl (C=S) groups is 1. The molecule has 3 aromatic rings. The molecule has 0 saturated carbocycles. The lowest BCUT2D eigenvalue weighted by atomic mass is 9.96. The maximum Gasteiger partial charge on any atom is 0.253 e. The highest BCUT2D eigenvalue weighted by molar-refractivity contribution is 7.80. The van der Waals surface area contributed by atoms with E-state index in [1.807, 2.05) is 12.1 Å². The van der Waals surface area contributed by atoms with E-state index in [-0.39, 0.29) is 27.4 Å². The molecule has 5 rings (SSSR count). The summed E-state index contributed by atoms with van der Waals surface area (Å²) < 4.78 is 14.7. The number of nitrogens with one attached hydrogen (secondary N) is 3. The van der Waals surface area contributed by atoms with Gasteiger partial charge in [-0.2, -0.15) is 0 Å². The second-order valence-corrected chi connectivity index (χ2v) is 10.4. The fourth-order valence-corrected chi connectivity index (χ4v) is 5.53. The number of hydrazine groups is 1. The monoisotopic (exact) mass is 567 g/mol. The quantitative estimate of drug-likeness (QED) is 0.319. The molecule has 1 aromatic carbocycles. The van der Waals surface area contributed by atoms with Gasteiger partial charge < -0.3 is 15.5 Å². The number of amides is 2. The number of aromatic nitrogens is 2. The van der Waals surface area contributed by atoms with Gasteiger partial charge in [-0.05, 0) is 66.4 Å². The number of aryl methyl sites for hydroxylation is 1. The Morgan fingerprint density at radius 3 is 2.77 bits per heavy atom. The minimum Gasteiger partial charge on any atom is -0.350 e. The third-order valence-corrected chi connectivity index (χ3v) is 7.53. The standard InChI is InChI=1S/C27H27ClFN7O2S/c1-35-11-9-22(26(35)38)32-25(37)16-12-20(28)24(31-13-16)36(2)34-27(39)33-23-18-4-3-5-21(29)17(18)7-6-15-8-10-30-14-19(15)23/h3-5,8,10,12-14,22-23H,6-7,9,11H2,1-2H3,(H,32,37)(H2,33,34,39). The Morgan fingerprint density at radius 1 is 1.21 bits per heavy atom. The van der Waals surface area contributed by atoms with Crippen LogP contribution in [0.5, 0.6) is 0 Å². The smallest absolute Gasteiger partial charge is 0.253 e. The van der Waals surface area contributed by atoms with Gasteiger partial charge in [0.1, 0.15) is 11.9 Å².